The lowest BCUT2D eigenvalue weighted by Gasteiger charge is -2.08. The van der Waals surface area contributed by atoms with Gasteiger partial charge in [0.1, 0.15) is 5.69 Å². The molecular weight excluding hydrogens is 331 g/mol. The highest BCUT2D eigenvalue weighted by Gasteiger charge is 2.35. The van der Waals surface area contributed by atoms with Crippen molar-refractivity contribution in [3.63, 3.8) is 0 Å². The van der Waals surface area contributed by atoms with Crippen LogP contribution in [0.25, 0.3) is 21.3 Å². The van der Waals surface area contributed by atoms with Gasteiger partial charge in [0.2, 0.25) is 0 Å². The zero-order valence-electron chi connectivity index (χ0n) is 11.8. The number of nitrogens with one attached hydrogen (secondary N) is 1. The Morgan fingerprint density at radius 1 is 1.35 bits per heavy atom. The summed E-state index contributed by atoms with van der Waals surface area (Å²) in [7, 11) is 0. The van der Waals surface area contributed by atoms with Crippen LogP contribution in [0, 0.1) is 0 Å². The minimum Gasteiger partial charge on any atom is -0.461 e. The van der Waals surface area contributed by atoms with Crippen LogP contribution < -0.4 is 0 Å². The number of esters is 1. The number of aromatic amines is 1. The van der Waals surface area contributed by atoms with Crippen LogP contribution in [-0.4, -0.2) is 28.0 Å². The maximum Gasteiger partial charge on any atom is 0.417 e. The van der Waals surface area contributed by atoms with E-state index < -0.39 is 17.7 Å². The molecule has 23 heavy (non-hydrogen) atoms. The topological polar surface area (TPSA) is 67.9 Å². The molecule has 1 aromatic carbocycles. The summed E-state index contributed by atoms with van der Waals surface area (Å²) in [5.41, 5.74) is -0.671. The molecule has 1 N–H and O–H groups in total. The van der Waals surface area contributed by atoms with E-state index in [0.717, 1.165) is 16.7 Å². The zero-order valence-corrected chi connectivity index (χ0v) is 12.6. The summed E-state index contributed by atoms with van der Waals surface area (Å²) in [4.78, 5) is 11.9. The van der Waals surface area contributed by atoms with E-state index in [2.05, 4.69) is 15.4 Å². The first-order valence-electron chi connectivity index (χ1n) is 6.59. The number of hydrogen-bond donors (Lipinski definition) is 1. The fraction of sp³-hybridized carbons (Fsp3) is 0.214. The lowest BCUT2D eigenvalue weighted by Crippen LogP contribution is -2.07. The number of carbonyl (C=O) groups excluding carboxylic acids is 1. The number of nitrogens with zero attached hydrogens (tertiary/aromatic N) is 2. The number of carbonyl (C=O) groups is 1. The average molecular weight is 341 g/mol. The van der Waals surface area contributed by atoms with Crippen molar-refractivity contribution in [1.82, 2.24) is 15.4 Å². The molecule has 0 unspecified atom stereocenters. The first kappa shape index (κ1) is 15.5. The molecule has 120 valence electrons. The molecule has 0 amide bonds. The van der Waals surface area contributed by atoms with Crippen molar-refractivity contribution in [1.29, 1.82) is 0 Å². The van der Waals surface area contributed by atoms with E-state index >= 15 is 0 Å². The molecule has 3 aromatic rings. The predicted octanol–water partition coefficient (Wildman–Crippen LogP) is 3.88. The Kier molecular flexibility index (Phi) is 3.80. The van der Waals surface area contributed by atoms with Crippen LogP contribution in [-0.2, 0) is 10.9 Å². The van der Waals surface area contributed by atoms with Gasteiger partial charge in [-0.1, -0.05) is 12.1 Å². The quantitative estimate of drug-likeness (QED) is 0.734. The first-order chi connectivity index (χ1) is 10.9. The van der Waals surface area contributed by atoms with Crippen LogP contribution in [0.2, 0.25) is 0 Å². The zero-order chi connectivity index (χ0) is 16.6. The van der Waals surface area contributed by atoms with E-state index in [0.29, 0.717) is 4.70 Å². The minimum absolute atomic E-state index is 0.00412. The molecular formula is C14H10F3N3O2S. The second kappa shape index (κ2) is 5.65. The van der Waals surface area contributed by atoms with Gasteiger partial charge in [-0.15, -0.1) is 16.4 Å². The SMILES string of the molecule is CCOC(=O)c1n[nH]nc1-c1cccc2scc(C(F)(F)F)c12. The van der Waals surface area contributed by atoms with Crippen molar-refractivity contribution in [2.45, 2.75) is 13.1 Å². The molecule has 2 aromatic heterocycles. The van der Waals surface area contributed by atoms with Crippen molar-refractivity contribution >= 4 is 27.4 Å². The molecule has 3 rings (SSSR count). The van der Waals surface area contributed by atoms with Gasteiger partial charge in [-0.2, -0.15) is 23.5 Å². The van der Waals surface area contributed by atoms with Crippen molar-refractivity contribution in [2.24, 2.45) is 0 Å². The summed E-state index contributed by atoms with van der Waals surface area (Å²) in [6.07, 6.45) is -4.50. The molecule has 0 saturated heterocycles. The van der Waals surface area contributed by atoms with E-state index in [1.165, 1.54) is 6.07 Å². The number of aromatic nitrogens is 3. The fourth-order valence-corrected chi connectivity index (χ4v) is 3.25. The molecule has 0 aliphatic carbocycles. The molecule has 0 radical (unpaired) electrons. The molecule has 0 atom stereocenters. The van der Waals surface area contributed by atoms with Crippen molar-refractivity contribution in [2.75, 3.05) is 6.61 Å². The highest BCUT2D eigenvalue weighted by atomic mass is 32.1. The number of alkyl halides is 3. The Bertz CT molecular complexity index is 870. The minimum atomic E-state index is -4.50. The highest BCUT2D eigenvalue weighted by Crippen LogP contribution is 2.42. The molecule has 0 saturated carbocycles. The number of halogens is 3. The van der Waals surface area contributed by atoms with E-state index in [-0.39, 0.29) is 28.9 Å². The Morgan fingerprint density at radius 2 is 2.13 bits per heavy atom. The third-order valence-electron chi connectivity index (χ3n) is 3.18. The van der Waals surface area contributed by atoms with E-state index in [1.54, 1.807) is 19.1 Å². The van der Waals surface area contributed by atoms with Crippen LogP contribution in [0.3, 0.4) is 0 Å². The molecule has 0 bridgehead atoms. The Balaban J connectivity index is 2.24. The van der Waals surface area contributed by atoms with Crippen LogP contribution in [0.5, 0.6) is 0 Å². The van der Waals surface area contributed by atoms with Crippen molar-refractivity contribution in [3.05, 3.63) is 34.8 Å². The summed E-state index contributed by atoms with van der Waals surface area (Å²) in [6, 6.07) is 4.67. The van der Waals surface area contributed by atoms with E-state index in [4.69, 9.17) is 4.74 Å². The summed E-state index contributed by atoms with van der Waals surface area (Å²) in [5, 5.41) is 10.9. The molecule has 0 spiro atoms. The van der Waals surface area contributed by atoms with Gasteiger partial charge in [-0.05, 0) is 13.0 Å². The van der Waals surface area contributed by atoms with Gasteiger partial charge >= 0.3 is 12.1 Å². The van der Waals surface area contributed by atoms with Gasteiger partial charge in [0, 0.05) is 21.0 Å². The van der Waals surface area contributed by atoms with Crippen LogP contribution >= 0.6 is 11.3 Å². The average Bonchev–Trinajstić information content (AvgIpc) is 3.13. The normalized spacial score (nSPS) is 11.8. The molecule has 9 heteroatoms. The highest BCUT2D eigenvalue weighted by molar-refractivity contribution is 7.17. The van der Waals surface area contributed by atoms with Crippen molar-refractivity contribution in [3.8, 4) is 11.3 Å². The standard InChI is InChI=1S/C14H10F3N3O2S/c1-2-22-13(21)12-11(18-20-19-12)7-4-3-5-9-10(7)8(6-23-9)14(15,16)17/h3-6H,2H2,1H3,(H,18,19,20). The third kappa shape index (κ3) is 2.67. The fourth-order valence-electron chi connectivity index (χ4n) is 2.25. The maximum atomic E-state index is 13.2. The summed E-state index contributed by atoms with van der Waals surface area (Å²) < 4.78 is 45.0. The first-order valence-corrected chi connectivity index (χ1v) is 7.47. The number of hydrogen-bond acceptors (Lipinski definition) is 5. The molecule has 0 fully saturated rings. The smallest absolute Gasteiger partial charge is 0.417 e. The molecule has 0 aliphatic heterocycles. The number of rotatable bonds is 3. The number of H-pyrrole nitrogens is 1. The van der Waals surface area contributed by atoms with Gasteiger partial charge in [-0.3, -0.25) is 0 Å². The number of benzene rings is 1. The Hall–Kier alpha value is -2.42. The second-order valence-corrected chi connectivity index (χ2v) is 5.48. The third-order valence-corrected chi connectivity index (χ3v) is 4.12. The Morgan fingerprint density at radius 3 is 2.83 bits per heavy atom. The number of fused-ring (bicyclic) bond motifs is 1. The van der Waals surface area contributed by atoms with Crippen molar-refractivity contribution < 1.29 is 22.7 Å². The molecule has 5 nitrogen and oxygen atoms in total. The van der Waals surface area contributed by atoms with Crippen LogP contribution in [0.4, 0.5) is 13.2 Å². The number of ether oxygens (including phenoxy) is 1. The maximum absolute atomic E-state index is 13.2. The van der Waals surface area contributed by atoms with Gasteiger partial charge in [0.15, 0.2) is 5.69 Å². The van der Waals surface area contributed by atoms with Crippen LogP contribution in [0.15, 0.2) is 23.6 Å². The number of thiophene rings is 1. The van der Waals surface area contributed by atoms with Gasteiger partial charge in [0.05, 0.1) is 12.2 Å². The predicted molar refractivity (Wildman–Crippen MR) is 78.2 cm³/mol. The van der Waals surface area contributed by atoms with E-state index in [1.807, 2.05) is 0 Å². The lowest BCUT2D eigenvalue weighted by atomic mass is 10.0. The van der Waals surface area contributed by atoms with E-state index in [9.17, 15) is 18.0 Å². The van der Waals surface area contributed by atoms with Crippen LogP contribution in [0.1, 0.15) is 23.0 Å². The Labute approximate surface area is 132 Å². The van der Waals surface area contributed by atoms with Gasteiger partial charge in [0.25, 0.3) is 0 Å². The van der Waals surface area contributed by atoms with Gasteiger partial charge < -0.3 is 4.74 Å². The molecule has 2 heterocycles. The summed E-state index contributed by atoms with van der Waals surface area (Å²) in [6.45, 7) is 1.75. The van der Waals surface area contributed by atoms with Gasteiger partial charge in [-0.25, -0.2) is 4.79 Å². The second-order valence-electron chi connectivity index (χ2n) is 4.57. The summed E-state index contributed by atoms with van der Waals surface area (Å²) >= 11 is 0.982. The molecule has 0 aliphatic rings. The largest absolute Gasteiger partial charge is 0.461 e. The summed E-state index contributed by atoms with van der Waals surface area (Å²) in [5.74, 6) is -0.739. The monoisotopic (exact) mass is 341 g/mol. The lowest BCUT2D eigenvalue weighted by molar-refractivity contribution is -0.136.